The summed E-state index contributed by atoms with van der Waals surface area (Å²) in [4.78, 5) is 38.7. The van der Waals surface area contributed by atoms with Crippen LogP contribution < -0.4 is 15.0 Å². The Balaban J connectivity index is 1.78. The Morgan fingerprint density at radius 1 is 1.10 bits per heavy atom. The Hall–Kier alpha value is -4.38. The van der Waals surface area contributed by atoms with Crippen LogP contribution in [-0.2, 0) is 16.1 Å². The van der Waals surface area contributed by atoms with Gasteiger partial charge in [0, 0.05) is 22.7 Å². The van der Waals surface area contributed by atoms with Gasteiger partial charge in [-0.1, -0.05) is 18.2 Å². The minimum absolute atomic E-state index is 0.125. The minimum atomic E-state index is -0.820. The smallest absolute Gasteiger partial charge is 0.335 e. The van der Waals surface area contributed by atoms with Crippen molar-refractivity contribution < 1.29 is 19.1 Å². The van der Waals surface area contributed by atoms with Crippen molar-refractivity contribution in [3.05, 3.63) is 65.9 Å². The summed E-state index contributed by atoms with van der Waals surface area (Å²) in [6, 6.07) is 15.0. The van der Waals surface area contributed by atoms with Gasteiger partial charge in [-0.15, -0.1) is 0 Å². The van der Waals surface area contributed by atoms with Gasteiger partial charge in [0.05, 0.1) is 18.9 Å². The second kappa shape index (κ2) is 7.56. The number of rotatable bonds is 4. The number of barbiturate groups is 1. The van der Waals surface area contributed by atoms with E-state index in [1.54, 1.807) is 35.0 Å². The Morgan fingerprint density at radius 3 is 2.53 bits per heavy atom. The highest BCUT2D eigenvalue weighted by Gasteiger charge is 2.37. The Morgan fingerprint density at radius 2 is 1.83 bits per heavy atom. The van der Waals surface area contributed by atoms with E-state index < -0.39 is 17.8 Å². The van der Waals surface area contributed by atoms with Crippen molar-refractivity contribution in [1.29, 1.82) is 5.26 Å². The summed E-state index contributed by atoms with van der Waals surface area (Å²) in [7, 11) is 1.51. The number of urea groups is 1. The first-order valence-corrected chi connectivity index (χ1v) is 9.04. The lowest BCUT2D eigenvalue weighted by atomic mass is 10.1. The predicted molar refractivity (Wildman–Crippen MR) is 110 cm³/mol. The number of ether oxygens (including phenoxy) is 1. The number of fused-ring (bicyclic) bond motifs is 1. The molecule has 1 aliphatic heterocycles. The van der Waals surface area contributed by atoms with Gasteiger partial charge >= 0.3 is 6.03 Å². The molecular weight excluding hydrogens is 384 g/mol. The molecule has 1 aromatic heterocycles. The molecule has 2 heterocycles. The number of aromatic nitrogens is 1. The number of imide groups is 2. The van der Waals surface area contributed by atoms with E-state index in [1.165, 1.54) is 13.2 Å². The number of amides is 4. The maximum Gasteiger partial charge on any atom is 0.335 e. The molecule has 2 aromatic carbocycles. The third-order valence-electron chi connectivity index (χ3n) is 4.79. The van der Waals surface area contributed by atoms with Crippen LogP contribution in [0.3, 0.4) is 0 Å². The largest absolute Gasteiger partial charge is 0.497 e. The third-order valence-corrected chi connectivity index (χ3v) is 4.79. The Labute approximate surface area is 171 Å². The predicted octanol–water partition coefficient (Wildman–Crippen LogP) is 2.84. The summed E-state index contributed by atoms with van der Waals surface area (Å²) in [5, 5.41) is 12.1. The molecule has 1 aliphatic rings. The molecule has 4 rings (SSSR count). The van der Waals surface area contributed by atoms with Gasteiger partial charge in [0.25, 0.3) is 11.8 Å². The van der Waals surface area contributed by atoms with E-state index in [0.717, 1.165) is 15.8 Å². The molecule has 3 aromatic rings. The monoisotopic (exact) mass is 400 g/mol. The fourth-order valence-corrected chi connectivity index (χ4v) is 3.38. The number of benzene rings is 2. The van der Waals surface area contributed by atoms with Gasteiger partial charge in [-0.3, -0.25) is 14.9 Å². The molecular formula is C22H16N4O4. The van der Waals surface area contributed by atoms with Crippen molar-refractivity contribution in [3.63, 3.8) is 0 Å². The van der Waals surface area contributed by atoms with Gasteiger partial charge < -0.3 is 9.30 Å². The number of carbonyl (C=O) groups is 3. The molecule has 0 unspecified atom stereocenters. The summed E-state index contributed by atoms with van der Waals surface area (Å²) in [5.74, 6) is -0.932. The molecule has 0 saturated carbocycles. The minimum Gasteiger partial charge on any atom is -0.497 e. The number of methoxy groups -OCH3 is 1. The number of hydrogen-bond acceptors (Lipinski definition) is 5. The molecule has 0 radical (unpaired) electrons. The number of nitriles is 1. The molecule has 0 atom stereocenters. The van der Waals surface area contributed by atoms with Crippen molar-refractivity contribution in [2.24, 2.45) is 0 Å². The van der Waals surface area contributed by atoms with Gasteiger partial charge in [0.15, 0.2) is 0 Å². The Kier molecular flexibility index (Phi) is 4.78. The number of carbonyl (C=O) groups excluding carboxylic acids is 3. The normalized spacial score (nSPS) is 15.4. The lowest BCUT2D eigenvalue weighted by Crippen LogP contribution is -2.54. The number of para-hydroxylation sites is 1. The summed E-state index contributed by atoms with van der Waals surface area (Å²) in [6.45, 7) is 0.125. The van der Waals surface area contributed by atoms with E-state index >= 15 is 0 Å². The first-order valence-electron chi connectivity index (χ1n) is 9.04. The number of nitrogens with zero attached hydrogens (tertiary/aromatic N) is 3. The fraction of sp³-hybridized carbons (Fsp3) is 0.0909. The second-order valence-corrected chi connectivity index (χ2v) is 6.54. The summed E-state index contributed by atoms with van der Waals surface area (Å²) >= 11 is 0. The topological polar surface area (TPSA) is 104 Å². The molecule has 0 bridgehead atoms. The van der Waals surface area contributed by atoms with Gasteiger partial charge in [-0.25, -0.2) is 9.69 Å². The first-order chi connectivity index (χ1) is 14.5. The van der Waals surface area contributed by atoms with Crippen LogP contribution in [0.2, 0.25) is 0 Å². The molecule has 1 saturated heterocycles. The zero-order chi connectivity index (χ0) is 21.3. The van der Waals surface area contributed by atoms with Crippen LogP contribution in [0.5, 0.6) is 5.75 Å². The van der Waals surface area contributed by atoms with Crippen molar-refractivity contribution in [3.8, 4) is 11.8 Å². The summed E-state index contributed by atoms with van der Waals surface area (Å²) in [6.07, 6.45) is 3.15. The van der Waals surface area contributed by atoms with Crippen LogP contribution in [0.25, 0.3) is 17.0 Å². The van der Waals surface area contributed by atoms with Crippen LogP contribution in [0.1, 0.15) is 5.56 Å². The molecule has 148 valence electrons. The molecule has 4 amide bonds. The van der Waals surface area contributed by atoms with Crippen LogP contribution in [-0.4, -0.2) is 29.5 Å². The van der Waals surface area contributed by atoms with E-state index in [4.69, 9.17) is 10.00 Å². The van der Waals surface area contributed by atoms with Crippen molar-refractivity contribution in [1.82, 2.24) is 9.88 Å². The van der Waals surface area contributed by atoms with Gasteiger partial charge in [-0.2, -0.15) is 5.26 Å². The summed E-state index contributed by atoms with van der Waals surface area (Å²) in [5.41, 5.74) is 1.54. The van der Waals surface area contributed by atoms with Crippen LogP contribution in [0.15, 0.2) is 60.3 Å². The maximum absolute atomic E-state index is 13.1. The highest BCUT2D eigenvalue weighted by molar-refractivity contribution is 6.39. The second-order valence-electron chi connectivity index (χ2n) is 6.54. The van der Waals surface area contributed by atoms with Gasteiger partial charge in [0.2, 0.25) is 0 Å². The van der Waals surface area contributed by atoms with E-state index in [1.807, 2.05) is 24.3 Å². The van der Waals surface area contributed by atoms with Crippen molar-refractivity contribution in [2.75, 3.05) is 12.0 Å². The lowest BCUT2D eigenvalue weighted by Gasteiger charge is -2.26. The van der Waals surface area contributed by atoms with Crippen LogP contribution >= 0.6 is 0 Å². The average molecular weight is 400 g/mol. The quantitative estimate of drug-likeness (QED) is 0.536. The zero-order valence-corrected chi connectivity index (χ0v) is 16.0. The number of nitrogens with one attached hydrogen (secondary N) is 1. The third kappa shape index (κ3) is 3.18. The number of hydrogen-bond donors (Lipinski definition) is 1. The van der Waals surface area contributed by atoms with Crippen molar-refractivity contribution >= 4 is 40.5 Å². The van der Waals surface area contributed by atoms with Crippen molar-refractivity contribution in [2.45, 2.75) is 6.54 Å². The van der Waals surface area contributed by atoms with Crippen LogP contribution in [0, 0.1) is 11.3 Å². The molecule has 8 heteroatoms. The molecule has 1 fully saturated rings. The summed E-state index contributed by atoms with van der Waals surface area (Å²) < 4.78 is 6.83. The molecule has 8 nitrogen and oxygen atoms in total. The van der Waals surface area contributed by atoms with E-state index in [-0.39, 0.29) is 12.1 Å². The number of anilines is 1. The molecule has 1 N–H and O–H groups in total. The molecule has 30 heavy (non-hydrogen) atoms. The first kappa shape index (κ1) is 19.0. The Bertz CT molecular complexity index is 1250. The van der Waals surface area contributed by atoms with Gasteiger partial charge in [-0.05, 0) is 36.4 Å². The zero-order valence-electron chi connectivity index (χ0n) is 16.0. The molecule has 0 spiro atoms. The van der Waals surface area contributed by atoms with E-state index in [9.17, 15) is 14.4 Å². The standard InChI is InChI=1S/C22H16N4O4/c1-30-16-8-6-15(7-9-16)26-21(28)18(20(27)24-22(26)29)12-14-13-25(11-10-23)19-5-3-2-4-17(14)19/h2-9,12-13H,11H2,1H3,(H,24,27,29)/b18-12+. The van der Waals surface area contributed by atoms with Crippen LogP contribution in [0.4, 0.5) is 10.5 Å². The lowest BCUT2D eigenvalue weighted by molar-refractivity contribution is -0.122. The maximum atomic E-state index is 13.1. The van der Waals surface area contributed by atoms with E-state index in [0.29, 0.717) is 17.0 Å². The highest BCUT2D eigenvalue weighted by atomic mass is 16.5. The average Bonchev–Trinajstić information content (AvgIpc) is 3.09. The molecule has 0 aliphatic carbocycles. The van der Waals surface area contributed by atoms with E-state index in [2.05, 4.69) is 11.4 Å². The fourth-order valence-electron chi connectivity index (χ4n) is 3.38. The highest BCUT2D eigenvalue weighted by Crippen LogP contribution is 2.27. The SMILES string of the molecule is COc1ccc(N2C(=O)NC(=O)/C(=C\c3cn(CC#N)c4ccccc34)C2=O)cc1. The van der Waals surface area contributed by atoms with Gasteiger partial charge in [0.1, 0.15) is 17.9 Å².